The van der Waals surface area contributed by atoms with Crippen LogP contribution in [-0.2, 0) is 14.8 Å². The third kappa shape index (κ3) is 4.86. The van der Waals surface area contributed by atoms with Gasteiger partial charge in [-0.25, -0.2) is 18.4 Å². The first-order valence-corrected chi connectivity index (χ1v) is 9.90. The van der Waals surface area contributed by atoms with Gasteiger partial charge < -0.3 is 5.32 Å². The van der Waals surface area contributed by atoms with Gasteiger partial charge in [0.05, 0.1) is 6.54 Å². The number of hydrogen-bond donors (Lipinski definition) is 2. The number of para-hydroxylation sites is 1. The third-order valence-electron chi connectivity index (χ3n) is 3.84. The van der Waals surface area contributed by atoms with Gasteiger partial charge >= 0.3 is 0 Å². The van der Waals surface area contributed by atoms with E-state index >= 15 is 0 Å². The van der Waals surface area contributed by atoms with Crippen LogP contribution in [0.2, 0.25) is 0 Å². The summed E-state index contributed by atoms with van der Waals surface area (Å²) in [7, 11) is -3.93. The number of amides is 1. The molecule has 0 atom stereocenters. The average Bonchev–Trinajstić information content (AvgIpc) is 2.60. The predicted molar refractivity (Wildman–Crippen MR) is 100 cm³/mol. The molecule has 2 aromatic rings. The zero-order chi connectivity index (χ0) is 19.3. The van der Waals surface area contributed by atoms with E-state index in [2.05, 4.69) is 20.0 Å². The molecule has 2 N–H and O–H groups in total. The summed E-state index contributed by atoms with van der Waals surface area (Å²) in [5.74, 6) is -0.00340. The molecule has 7 nitrogen and oxygen atoms in total. The number of anilines is 1. The number of nitrogens with zero attached hydrogens (tertiary/aromatic N) is 2. The Kier molecular flexibility index (Phi) is 6.44. The molecule has 0 saturated carbocycles. The zero-order valence-electron chi connectivity index (χ0n) is 15.4. The molecule has 0 spiro atoms. The van der Waals surface area contributed by atoms with Crippen LogP contribution in [0.15, 0.2) is 41.8 Å². The first kappa shape index (κ1) is 20.0. The van der Waals surface area contributed by atoms with Crippen molar-refractivity contribution in [2.24, 2.45) is 0 Å². The van der Waals surface area contributed by atoms with Gasteiger partial charge in [-0.3, -0.25) is 4.79 Å². The van der Waals surface area contributed by atoms with Gasteiger partial charge in [0, 0.05) is 18.1 Å². The monoisotopic (exact) mass is 376 g/mol. The van der Waals surface area contributed by atoms with Gasteiger partial charge in [0.15, 0.2) is 0 Å². The Bertz CT molecular complexity index is 839. The summed E-state index contributed by atoms with van der Waals surface area (Å²) in [6.45, 7) is 7.79. The fraction of sp³-hybridized carbons (Fsp3) is 0.389. The van der Waals surface area contributed by atoms with Crippen molar-refractivity contribution in [3.8, 4) is 0 Å². The number of hydrogen-bond acceptors (Lipinski definition) is 5. The van der Waals surface area contributed by atoms with E-state index in [0.29, 0.717) is 0 Å². The number of sulfonamides is 1. The lowest BCUT2D eigenvalue weighted by molar-refractivity contribution is -0.115. The summed E-state index contributed by atoms with van der Waals surface area (Å²) in [6.07, 6.45) is 2.66. The normalized spacial score (nSPS) is 11.8. The van der Waals surface area contributed by atoms with Crippen molar-refractivity contribution in [3.05, 3.63) is 47.8 Å². The van der Waals surface area contributed by atoms with Crippen LogP contribution >= 0.6 is 0 Å². The van der Waals surface area contributed by atoms with Gasteiger partial charge in [0.1, 0.15) is 0 Å². The van der Waals surface area contributed by atoms with Crippen molar-refractivity contribution in [1.29, 1.82) is 0 Å². The minimum absolute atomic E-state index is 0.221. The van der Waals surface area contributed by atoms with Gasteiger partial charge in [-0.2, -0.15) is 4.72 Å². The Morgan fingerprint density at radius 1 is 1.00 bits per heavy atom. The van der Waals surface area contributed by atoms with E-state index < -0.39 is 22.5 Å². The van der Waals surface area contributed by atoms with Gasteiger partial charge in [-0.15, -0.1) is 0 Å². The topological polar surface area (TPSA) is 101 Å². The molecule has 0 saturated heterocycles. The number of rotatable bonds is 7. The van der Waals surface area contributed by atoms with E-state index in [4.69, 9.17) is 0 Å². The Labute approximate surface area is 154 Å². The molecule has 140 valence electrons. The van der Waals surface area contributed by atoms with Crippen molar-refractivity contribution in [2.75, 3.05) is 11.9 Å². The average molecular weight is 376 g/mol. The van der Waals surface area contributed by atoms with Crippen LogP contribution in [-0.4, -0.2) is 30.8 Å². The van der Waals surface area contributed by atoms with E-state index in [1.165, 1.54) is 18.5 Å². The predicted octanol–water partition coefficient (Wildman–Crippen LogP) is 2.64. The molecule has 1 aromatic carbocycles. The van der Waals surface area contributed by atoms with E-state index in [9.17, 15) is 13.2 Å². The highest BCUT2D eigenvalue weighted by Crippen LogP contribution is 2.32. The Morgan fingerprint density at radius 3 is 2.04 bits per heavy atom. The molecule has 1 heterocycles. The summed E-state index contributed by atoms with van der Waals surface area (Å²) < 4.78 is 26.5. The van der Waals surface area contributed by atoms with Crippen LogP contribution in [0.5, 0.6) is 0 Å². The second kappa shape index (κ2) is 8.37. The molecule has 26 heavy (non-hydrogen) atoms. The first-order chi connectivity index (χ1) is 12.2. The second-order valence-corrected chi connectivity index (χ2v) is 8.19. The molecule has 0 aliphatic carbocycles. The number of nitrogens with one attached hydrogen (secondary N) is 2. The van der Waals surface area contributed by atoms with E-state index in [-0.39, 0.29) is 17.0 Å². The highest BCUT2D eigenvalue weighted by atomic mass is 32.2. The first-order valence-electron chi connectivity index (χ1n) is 8.41. The Hall–Kier alpha value is -2.32. The molecular formula is C18H24N4O3S. The lowest BCUT2D eigenvalue weighted by atomic mass is 9.92. The number of benzene rings is 1. The standard InChI is InChI=1S/C18H24N4O3S/c1-12(2)14-7-5-8-15(13(3)4)17(14)22-16(23)11-21-26(24,25)18-19-9-6-10-20-18/h5-10,12-13,21H,11H2,1-4H3,(H,22,23). The van der Waals surface area contributed by atoms with E-state index in [1.54, 1.807) is 0 Å². The number of carbonyl (C=O) groups excluding carboxylic acids is 1. The summed E-state index contributed by atoms with van der Waals surface area (Å²) in [6, 6.07) is 7.42. The third-order valence-corrected chi connectivity index (χ3v) is 5.06. The molecule has 0 aliphatic heterocycles. The molecule has 8 heteroatoms. The smallest absolute Gasteiger partial charge is 0.276 e. The second-order valence-electron chi connectivity index (χ2n) is 6.52. The van der Waals surface area contributed by atoms with Crippen LogP contribution in [0.25, 0.3) is 0 Å². The fourth-order valence-electron chi connectivity index (χ4n) is 2.53. The summed E-state index contributed by atoms with van der Waals surface area (Å²) in [4.78, 5) is 19.7. The van der Waals surface area contributed by atoms with Gasteiger partial charge in [0.2, 0.25) is 5.91 Å². The molecule has 0 unspecified atom stereocenters. The molecule has 0 radical (unpaired) electrons. The van der Waals surface area contributed by atoms with Crippen molar-refractivity contribution in [2.45, 2.75) is 44.7 Å². The van der Waals surface area contributed by atoms with Crippen molar-refractivity contribution < 1.29 is 13.2 Å². The van der Waals surface area contributed by atoms with Gasteiger partial charge in [0.25, 0.3) is 15.2 Å². The van der Waals surface area contributed by atoms with Crippen molar-refractivity contribution in [1.82, 2.24) is 14.7 Å². The summed E-state index contributed by atoms with van der Waals surface area (Å²) in [5.41, 5.74) is 2.77. The van der Waals surface area contributed by atoms with Crippen LogP contribution in [0.4, 0.5) is 5.69 Å². The minimum Gasteiger partial charge on any atom is -0.324 e. The van der Waals surface area contributed by atoms with Crippen LogP contribution in [0.3, 0.4) is 0 Å². The van der Waals surface area contributed by atoms with Crippen LogP contribution < -0.4 is 10.0 Å². The summed E-state index contributed by atoms with van der Waals surface area (Å²) in [5, 5.41) is 2.50. The van der Waals surface area contributed by atoms with Crippen molar-refractivity contribution in [3.63, 3.8) is 0 Å². The minimum atomic E-state index is -3.93. The largest absolute Gasteiger partial charge is 0.324 e. The van der Waals surface area contributed by atoms with Gasteiger partial charge in [-0.05, 0) is 29.0 Å². The molecular weight excluding hydrogens is 352 g/mol. The molecule has 0 fully saturated rings. The number of carbonyl (C=O) groups is 1. The maximum absolute atomic E-state index is 12.4. The zero-order valence-corrected chi connectivity index (χ0v) is 16.2. The molecule has 2 rings (SSSR count). The van der Waals surface area contributed by atoms with E-state index in [0.717, 1.165) is 16.8 Å². The number of aromatic nitrogens is 2. The van der Waals surface area contributed by atoms with E-state index in [1.807, 2.05) is 45.9 Å². The quantitative estimate of drug-likeness (QED) is 0.724. The Balaban J connectivity index is 2.16. The fourth-order valence-corrected chi connectivity index (χ4v) is 3.38. The highest BCUT2D eigenvalue weighted by molar-refractivity contribution is 7.89. The maximum atomic E-state index is 12.4. The summed E-state index contributed by atoms with van der Waals surface area (Å²) >= 11 is 0. The molecule has 1 aromatic heterocycles. The SMILES string of the molecule is CC(C)c1cccc(C(C)C)c1NC(=O)CNS(=O)(=O)c1ncccn1. The van der Waals surface area contributed by atoms with Gasteiger partial charge in [-0.1, -0.05) is 45.9 Å². The lowest BCUT2D eigenvalue weighted by Gasteiger charge is -2.20. The molecule has 0 bridgehead atoms. The van der Waals surface area contributed by atoms with Crippen LogP contribution in [0, 0.1) is 0 Å². The molecule has 1 amide bonds. The highest BCUT2D eigenvalue weighted by Gasteiger charge is 2.20. The lowest BCUT2D eigenvalue weighted by Crippen LogP contribution is -2.34. The maximum Gasteiger partial charge on any atom is 0.276 e. The molecule has 0 aliphatic rings. The Morgan fingerprint density at radius 2 is 1.54 bits per heavy atom. The van der Waals surface area contributed by atoms with Crippen molar-refractivity contribution >= 4 is 21.6 Å². The van der Waals surface area contributed by atoms with Crippen LogP contribution in [0.1, 0.15) is 50.7 Å².